The lowest BCUT2D eigenvalue weighted by Gasteiger charge is -2.02. The molecule has 0 aliphatic carbocycles. The maximum atomic E-state index is 11.9. The van der Waals surface area contributed by atoms with Crippen molar-refractivity contribution < 1.29 is 24.9 Å². The number of aliphatic carboxylic acids is 1. The number of carboxylic acids is 1. The number of benzene rings is 1. The summed E-state index contributed by atoms with van der Waals surface area (Å²) in [5.74, 6) is -2.18. The summed E-state index contributed by atoms with van der Waals surface area (Å²) >= 11 is 2.02. The van der Waals surface area contributed by atoms with Crippen molar-refractivity contribution in [3.63, 3.8) is 0 Å². The van der Waals surface area contributed by atoms with E-state index < -0.39 is 11.9 Å². The van der Waals surface area contributed by atoms with Crippen LogP contribution >= 0.6 is 23.1 Å². The normalized spacial score (nSPS) is 10.3. The monoisotopic (exact) mass is 327 g/mol. The molecule has 1 aromatic heterocycles. The van der Waals surface area contributed by atoms with E-state index in [1.165, 1.54) is 12.1 Å². The van der Waals surface area contributed by atoms with E-state index in [1.807, 2.05) is 0 Å². The van der Waals surface area contributed by atoms with Crippen LogP contribution in [0.1, 0.15) is 10.4 Å². The molecule has 0 atom stereocenters. The topological polar surface area (TPSA) is 133 Å². The summed E-state index contributed by atoms with van der Waals surface area (Å²) in [6.07, 6.45) is 0. The number of carboxylic acid groups (broad SMARTS) is 1. The molecule has 10 heteroatoms. The fraction of sp³-hybridized carbons (Fsp3) is 0.0909. The van der Waals surface area contributed by atoms with E-state index >= 15 is 0 Å². The number of aromatic nitrogens is 2. The maximum absolute atomic E-state index is 11.9. The zero-order chi connectivity index (χ0) is 15.4. The van der Waals surface area contributed by atoms with Crippen LogP contribution < -0.4 is 5.32 Å². The molecule has 0 fully saturated rings. The Morgan fingerprint density at radius 1 is 1.19 bits per heavy atom. The minimum atomic E-state index is -0.976. The SMILES string of the molecule is O=C(O)CSc1nnc(NC(=O)c2cc(O)cc(O)c2)s1. The molecule has 0 radical (unpaired) electrons. The first kappa shape index (κ1) is 15.1. The van der Waals surface area contributed by atoms with E-state index in [0.29, 0.717) is 4.34 Å². The molecule has 2 rings (SSSR count). The van der Waals surface area contributed by atoms with Gasteiger partial charge in [-0.3, -0.25) is 14.9 Å². The lowest BCUT2D eigenvalue weighted by atomic mass is 10.2. The molecule has 0 saturated carbocycles. The van der Waals surface area contributed by atoms with Crippen molar-refractivity contribution in [2.75, 3.05) is 11.1 Å². The lowest BCUT2D eigenvalue weighted by Crippen LogP contribution is -2.11. The highest BCUT2D eigenvalue weighted by atomic mass is 32.2. The number of amides is 1. The predicted octanol–water partition coefficient (Wildman–Crippen LogP) is 1.38. The number of rotatable bonds is 5. The molecule has 4 N–H and O–H groups in total. The second kappa shape index (κ2) is 6.41. The van der Waals surface area contributed by atoms with Crippen LogP contribution in [0.3, 0.4) is 0 Å². The largest absolute Gasteiger partial charge is 0.508 e. The van der Waals surface area contributed by atoms with E-state index in [0.717, 1.165) is 29.2 Å². The number of thioether (sulfide) groups is 1. The van der Waals surface area contributed by atoms with Crippen molar-refractivity contribution in [3.8, 4) is 11.5 Å². The molecule has 0 unspecified atom stereocenters. The third kappa shape index (κ3) is 4.33. The zero-order valence-electron chi connectivity index (χ0n) is 10.3. The Bertz CT molecular complexity index is 668. The molecule has 0 aliphatic heterocycles. The van der Waals surface area contributed by atoms with Crippen LogP contribution in [0.15, 0.2) is 22.5 Å². The van der Waals surface area contributed by atoms with Gasteiger partial charge in [0.2, 0.25) is 5.13 Å². The smallest absolute Gasteiger partial charge is 0.313 e. The fourth-order valence-corrected chi connectivity index (χ4v) is 2.80. The van der Waals surface area contributed by atoms with Crippen LogP contribution in [0.2, 0.25) is 0 Å². The number of nitrogens with zero attached hydrogens (tertiary/aromatic N) is 2. The fourth-order valence-electron chi connectivity index (χ4n) is 1.34. The third-order valence-corrected chi connectivity index (χ3v) is 4.07. The Morgan fingerprint density at radius 3 is 2.48 bits per heavy atom. The summed E-state index contributed by atoms with van der Waals surface area (Å²) in [5, 5.41) is 37.2. The van der Waals surface area contributed by atoms with Gasteiger partial charge in [0, 0.05) is 11.6 Å². The van der Waals surface area contributed by atoms with Crippen LogP contribution in [-0.4, -0.2) is 43.1 Å². The highest BCUT2D eigenvalue weighted by Gasteiger charge is 2.13. The minimum absolute atomic E-state index is 0.0578. The molecule has 1 amide bonds. The van der Waals surface area contributed by atoms with E-state index in [9.17, 15) is 19.8 Å². The van der Waals surface area contributed by atoms with Crippen molar-refractivity contribution in [2.45, 2.75) is 4.34 Å². The number of hydrogen-bond donors (Lipinski definition) is 4. The van der Waals surface area contributed by atoms with Gasteiger partial charge in [-0.25, -0.2) is 0 Å². The summed E-state index contributed by atoms with van der Waals surface area (Å²) in [6.45, 7) is 0. The van der Waals surface area contributed by atoms with Gasteiger partial charge in [-0.05, 0) is 12.1 Å². The molecular formula is C11H9N3O5S2. The van der Waals surface area contributed by atoms with Gasteiger partial charge in [-0.15, -0.1) is 10.2 Å². The second-order valence-corrected chi connectivity index (χ2v) is 5.95. The van der Waals surface area contributed by atoms with Crippen LogP contribution in [0.4, 0.5) is 5.13 Å². The standard InChI is InChI=1S/C11H9N3O5S2/c15-6-1-5(2-7(16)3-6)9(19)12-10-13-14-11(21-10)20-4-8(17)18/h1-3,15-16H,4H2,(H,17,18)(H,12,13,19). The number of carbonyl (C=O) groups is 2. The molecule has 21 heavy (non-hydrogen) atoms. The third-order valence-electron chi connectivity index (χ3n) is 2.11. The Hall–Kier alpha value is -2.33. The van der Waals surface area contributed by atoms with Crippen molar-refractivity contribution in [2.24, 2.45) is 0 Å². The quantitative estimate of drug-likeness (QED) is 0.478. The van der Waals surface area contributed by atoms with Gasteiger partial charge in [0.05, 0.1) is 5.75 Å². The summed E-state index contributed by atoms with van der Waals surface area (Å²) in [7, 11) is 0. The van der Waals surface area contributed by atoms with Crippen molar-refractivity contribution in [1.82, 2.24) is 10.2 Å². The molecule has 1 heterocycles. The predicted molar refractivity (Wildman–Crippen MR) is 76.0 cm³/mol. The summed E-state index contributed by atoms with van der Waals surface area (Å²) in [6, 6.07) is 3.48. The molecule has 0 spiro atoms. The minimum Gasteiger partial charge on any atom is -0.508 e. The number of anilines is 1. The molecular weight excluding hydrogens is 318 g/mol. The molecule has 2 aromatic rings. The zero-order valence-corrected chi connectivity index (χ0v) is 11.9. The molecule has 1 aromatic carbocycles. The van der Waals surface area contributed by atoms with Crippen LogP contribution in [0.25, 0.3) is 0 Å². The Kier molecular flexibility index (Phi) is 4.60. The number of nitrogens with one attached hydrogen (secondary N) is 1. The van der Waals surface area contributed by atoms with Crippen LogP contribution in [-0.2, 0) is 4.79 Å². The number of carbonyl (C=O) groups excluding carboxylic acids is 1. The van der Waals surface area contributed by atoms with Crippen molar-refractivity contribution in [1.29, 1.82) is 0 Å². The molecule has 0 saturated heterocycles. The molecule has 0 aliphatic rings. The molecule has 8 nitrogen and oxygen atoms in total. The van der Waals surface area contributed by atoms with Gasteiger partial charge >= 0.3 is 5.97 Å². The van der Waals surface area contributed by atoms with E-state index in [2.05, 4.69) is 15.5 Å². The number of phenolic OH excluding ortho intramolecular Hbond substituents is 2. The van der Waals surface area contributed by atoms with Crippen LogP contribution in [0, 0.1) is 0 Å². The Balaban J connectivity index is 2.04. The van der Waals surface area contributed by atoms with Gasteiger partial charge < -0.3 is 15.3 Å². The first-order valence-electron chi connectivity index (χ1n) is 5.46. The lowest BCUT2D eigenvalue weighted by molar-refractivity contribution is -0.133. The Morgan fingerprint density at radius 2 is 1.86 bits per heavy atom. The second-order valence-electron chi connectivity index (χ2n) is 3.75. The van der Waals surface area contributed by atoms with Gasteiger partial charge in [-0.1, -0.05) is 23.1 Å². The van der Waals surface area contributed by atoms with E-state index in [4.69, 9.17) is 5.11 Å². The van der Waals surface area contributed by atoms with Crippen molar-refractivity contribution >= 4 is 40.1 Å². The summed E-state index contributed by atoms with van der Waals surface area (Å²) < 4.78 is 0.409. The van der Waals surface area contributed by atoms with Crippen molar-refractivity contribution in [3.05, 3.63) is 23.8 Å². The Labute approximate surface area is 126 Å². The van der Waals surface area contributed by atoms with Crippen LogP contribution in [0.5, 0.6) is 11.5 Å². The number of phenols is 2. The van der Waals surface area contributed by atoms with E-state index in [1.54, 1.807) is 0 Å². The maximum Gasteiger partial charge on any atom is 0.313 e. The molecule has 110 valence electrons. The first-order chi connectivity index (χ1) is 9.94. The average Bonchev–Trinajstić information content (AvgIpc) is 2.83. The highest BCUT2D eigenvalue weighted by Crippen LogP contribution is 2.26. The number of aromatic hydroxyl groups is 2. The first-order valence-corrected chi connectivity index (χ1v) is 7.27. The molecule has 0 bridgehead atoms. The van der Waals surface area contributed by atoms with E-state index in [-0.39, 0.29) is 27.9 Å². The number of hydrogen-bond acceptors (Lipinski definition) is 8. The van der Waals surface area contributed by atoms with Gasteiger partial charge in [-0.2, -0.15) is 0 Å². The van der Waals surface area contributed by atoms with Gasteiger partial charge in [0.1, 0.15) is 11.5 Å². The van der Waals surface area contributed by atoms with Gasteiger partial charge in [0.25, 0.3) is 5.91 Å². The summed E-state index contributed by atoms with van der Waals surface area (Å²) in [4.78, 5) is 22.3. The summed E-state index contributed by atoms with van der Waals surface area (Å²) in [5.41, 5.74) is 0.0578. The average molecular weight is 327 g/mol. The highest BCUT2D eigenvalue weighted by molar-refractivity contribution is 8.01. The van der Waals surface area contributed by atoms with Gasteiger partial charge in [0.15, 0.2) is 4.34 Å².